The van der Waals surface area contributed by atoms with Gasteiger partial charge in [0.2, 0.25) is 5.91 Å². The maximum Gasteiger partial charge on any atom is 0.246 e. The molecule has 5 nitrogen and oxygen atoms in total. The Hall–Kier alpha value is -2.69. The number of hydrogen-bond acceptors (Lipinski definition) is 4. The van der Waals surface area contributed by atoms with E-state index in [0.29, 0.717) is 31.9 Å². The first-order chi connectivity index (χ1) is 10.7. The van der Waals surface area contributed by atoms with Crippen molar-refractivity contribution in [1.82, 2.24) is 4.90 Å². The van der Waals surface area contributed by atoms with Crippen molar-refractivity contribution < 1.29 is 14.3 Å². The lowest BCUT2D eigenvalue weighted by atomic mass is 10.2. The minimum Gasteiger partial charge on any atom is -0.506 e. The van der Waals surface area contributed by atoms with E-state index >= 15 is 0 Å². The van der Waals surface area contributed by atoms with E-state index in [1.165, 1.54) is 6.08 Å². The van der Waals surface area contributed by atoms with Gasteiger partial charge in [-0.25, -0.2) is 0 Å². The Labute approximate surface area is 129 Å². The second kappa shape index (κ2) is 6.39. The monoisotopic (exact) mass is 298 g/mol. The topological polar surface area (TPSA) is 56.9 Å². The molecule has 1 saturated heterocycles. The number of carbonyl (C=O) groups is 1. The smallest absolute Gasteiger partial charge is 0.246 e. The van der Waals surface area contributed by atoms with E-state index in [4.69, 9.17) is 4.42 Å². The molecule has 0 bridgehead atoms. The van der Waals surface area contributed by atoms with Gasteiger partial charge >= 0.3 is 0 Å². The third-order valence-corrected chi connectivity index (χ3v) is 3.75. The van der Waals surface area contributed by atoms with Crippen LogP contribution in [0.5, 0.6) is 5.75 Å². The maximum absolute atomic E-state index is 12.1. The first kappa shape index (κ1) is 14.3. The molecule has 0 spiro atoms. The van der Waals surface area contributed by atoms with Crippen molar-refractivity contribution in [2.75, 3.05) is 31.1 Å². The minimum atomic E-state index is -0.0201. The zero-order chi connectivity index (χ0) is 15.4. The summed E-state index contributed by atoms with van der Waals surface area (Å²) in [5, 5.41) is 9.88. The average molecular weight is 298 g/mol. The van der Waals surface area contributed by atoms with E-state index in [9.17, 15) is 9.90 Å². The third kappa shape index (κ3) is 3.14. The number of para-hydroxylation sites is 2. The fourth-order valence-electron chi connectivity index (χ4n) is 2.54. The van der Waals surface area contributed by atoms with Crippen LogP contribution in [0.25, 0.3) is 6.08 Å². The van der Waals surface area contributed by atoms with Crippen LogP contribution in [0.4, 0.5) is 5.69 Å². The molecule has 1 aliphatic rings. The Morgan fingerprint density at radius 3 is 2.55 bits per heavy atom. The highest BCUT2D eigenvalue weighted by Crippen LogP contribution is 2.27. The largest absolute Gasteiger partial charge is 0.506 e. The molecular weight excluding hydrogens is 280 g/mol. The van der Waals surface area contributed by atoms with Crippen LogP contribution in [0.15, 0.2) is 53.2 Å². The van der Waals surface area contributed by atoms with Crippen molar-refractivity contribution in [3.63, 3.8) is 0 Å². The summed E-state index contributed by atoms with van der Waals surface area (Å²) >= 11 is 0. The molecule has 1 aromatic heterocycles. The number of furan rings is 1. The lowest BCUT2D eigenvalue weighted by Crippen LogP contribution is -2.48. The standard InChI is InChI=1S/C17H18N2O3/c20-16-6-2-1-5-15(16)18-9-11-19(12-10-18)17(21)8-7-14-4-3-13-22-14/h1-8,13,20H,9-12H2/b8-7+. The summed E-state index contributed by atoms with van der Waals surface area (Å²) < 4.78 is 5.17. The van der Waals surface area contributed by atoms with Crippen molar-refractivity contribution in [2.45, 2.75) is 0 Å². The summed E-state index contributed by atoms with van der Waals surface area (Å²) in [6.07, 6.45) is 4.79. The third-order valence-electron chi connectivity index (χ3n) is 3.75. The van der Waals surface area contributed by atoms with Crippen molar-refractivity contribution in [3.05, 3.63) is 54.5 Å². The van der Waals surface area contributed by atoms with Crippen molar-refractivity contribution >= 4 is 17.7 Å². The van der Waals surface area contributed by atoms with E-state index in [1.54, 1.807) is 41.5 Å². The predicted octanol–water partition coefficient (Wildman–Crippen LogP) is 2.35. The number of rotatable bonds is 3. The molecule has 0 radical (unpaired) electrons. The number of phenols is 1. The Morgan fingerprint density at radius 1 is 1.09 bits per heavy atom. The molecule has 1 aliphatic heterocycles. The first-order valence-electron chi connectivity index (χ1n) is 7.27. The Kier molecular flexibility index (Phi) is 4.14. The van der Waals surface area contributed by atoms with Gasteiger partial charge in [-0.1, -0.05) is 12.1 Å². The van der Waals surface area contributed by atoms with Gasteiger partial charge in [-0.2, -0.15) is 0 Å². The van der Waals surface area contributed by atoms with Gasteiger partial charge in [-0.3, -0.25) is 4.79 Å². The summed E-state index contributed by atoms with van der Waals surface area (Å²) in [5.41, 5.74) is 0.820. The van der Waals surface area contributed by atoms with Crippen LogP contribution in [-0.4, -0.2) is 42.1 Å². The van der Waals surface area contributed by atoms with Crippen LogP contribution < -0.4 is 4.90 Å². The van der Waals surface area contributed by atoms with Crippen molar-refractivity contribution in [2.24, 2.45) is 0 Å². The summed E-state index contributed by atoms with van der Waals surface area (Å²) in [5.74, 6) is 0.925. The highest BCUT2D eigenvalue weighted by atomic mass is 16.3. The fourth-order valence-corrected chi connectivity index (χ4v) is 2.54. The molecule has 0 unspecified atom stereocenters. The summed E-state index contributed by atoms with van der Waals surface area (Å²) in [6, 6.07) is 10.9. The van der Waals surface area contributed by atoms with Gasteiger partial charge in [0.1, 0.15) is 11.5 Å². The van der Waals surface area contributed by atoms with Crippen LogP contribution in [0.3, 0.4) is 0 Å². The molecule has 3 rings (SSSR count). The van der Waals surface area contributed by atoms with Crippen LogP contribution in [0.2, 0.25) is 0 Å². The molecule has 114 valence electrons. The van der Waals surface area contributed by atoms with E-state index < -0.39 is 0 Å². The Balaban J connectivity index is 1.57. The van der Waals surface area contributed by atoms with Gasteiger partial charge in [0.05, 0.1) is 12.0 Å². The zero-order valence-electron chi connectivity index (χ0n) is 12.2. The summed E-state index contributed by atoms with van der Waals surface area (Å²) in [4.78, 5) is 16.0. The predicted molar refractivity (Wildman–Crippen MR) is 84.6 cm³/mol. The molecule has 2 heterocycles. The second-order valence-electron chi connectivity index (χ2n) is 5.15. The van der Waals surface area contributed by atoms with Gasteiger partial charge < -0.3 is 19.3 Å². The highest BCUT2D eigenvalue weighted by molar-refractivity contribution is 5.91. The molecule has 0 atom stereocenters. The molecule has 0 aliphatic carbocycles. The van der Waals surface area contributed by atoms with Gasteiger partial charge in [0.25, 0.3) is 0 Å². The molecule has 22 heavy (non-hydrogen) atoms. The fraction of sp³-hybridized carbons (Fsp3) is 0.235. The molecule has 1 fully saturated rings. The highest BCUT2D eigenvalue weighted by Gasteiger charge is 2.21. The normalized spacial score (nSPS) is 15.5. The number of nitrogens with zero attached hydrogens (tertiary/aromatic N) is 2. The van der Waals surface area contributed by atoms with Gasteiger partial charge in [0.15, 0.2) is 0 Å². The Morgan fingerprint density at radius 2 is 1.86 bits per heavy atom. The number of amides is 1. The molecule has 1 N–H and O–H groups in total. The second-order valence-corrected chi connectivity index (χ2v) is 5.15. The molecule has 1 amide bonds. The van der Waals surface area contributed by atoms with E-state index in [2.05, 4.69) is 4.90 Å². The number of aromatic hydroxyl groups is 1. The Bertz CT molecular complexity index is 656. The molecule has 1 aromatic carbocycles. The quantitative estimate of drug-likeness (QED) is 0.884. The SMILES string of the molecule is O=C(/C=C/c1ccco1)N1CCN(c2ccccc2O)CC1. The zero-order valence-corrected chi connectivity index (χ0v) is 12.2. The number of phenolic OH excluding ortho intramolecular Hbond substituents is 1. The number of benzene rings is 1. The first-order valence-corrected chi connectivity index (χ1v) is 7.27. The van der Waals surface area contributed by atoms with Crippen molar-refractivity contribution in [3.8, 4) is 5.75 Å². The number of piperazine rings is 1. The molecular formula is C17H18N2O3. The van der Waals surface area contributed by atoms with Crippen LogP contribution >= 0.6 is 0 Å². The van der Waals surface area contributed by atoms with Crippen LogP contribution in [-0.2, 0) is 4.79 Å². The van der Waals surface area contributed by atoms with Crippen molar-refractivity contribution in [1.29, 1.82) is 0 Å². The lowest BCUT2D eigenvalue weighted by molar-refractivity contribution is -0.126. The molecule has 0 saturated carbocycles. The summed E-state index contributed by atoms with van der Waals surface area (Å²) in [7, 11) is 0. The maximum atomic E-state index is 12.1. The van der Waals surface area contributed by atoms with Crippen LogP contribution in [0, 0.1) is 0 Å². The number of carbonyl (C=O) groups excluding carboxylic acids is 1. The van der Waals surface area contributed by atoms with E-state index in [0.717, 1.165) is 5.69 Å². The minimum absolute atomic E-state index is 0.0201. The molecule has 5 heteroatoms. The van der Waals surface area contributed by atoms with Gasteiger partial charge in [-0.15, -0.1) is 0 Å². The summed E-state index contributed by atoms with van der Waals surface area (Å²) in [6.45, 7) is 2.68. The van der Waals surface area contributed by atoms with Gasteiger partial charge in [-0.05, 0) is 30.3 Å². The van der Waals surface area contributed by atoms with Crippen LogP contribution in [0.1, 0.15) is 5.76 Å². The number of anilines is 1. The average Bonchev–Trinajstić information content (AvgIpc) is 3.07. The van der Waals surface area contributed by atoms with E-state index in [1.807, 2.05) is 12.1 Å². The molecule has 2 aromatic rings. The lowest BCUT2D eigenvalue weighted by Gasteiger charge is -2.35. The van der Waals surface area contributed by atoms with Gasteiger partial charge in [0, 0.05) is 32.3 Å². The number of hydrogen-bond donors (Lipinski definition) is 1. The van der Waals surface area contributed by atoms with E-state index in [-0.39, 0.29) is 11.7 Å².